The molecule has 0 aliphatic heterocycles. The normalized spacial score (nSPS) is 15.3. The fraction of sp³-hybridized carbons (Fsp3) is 0.944. The molecule has 23 heavy (non-hydrogen) atoms. The Balaban J connectivity index is 3.51. The monoisotopic (exact) mass is 332 g/mol. The molecule has 0 saturated carbocycles. The van der Waals surface area contributed by atoms with Gasteiger partial charge in [0, 0.05) is 6.42 Å². The second kappa shape index (κ2) is 14.9. The molecule has 5 heteroatoms. The van der Waals surface area contributed by atoms with Crippen molar-refractivity contribution in [3.8, 4) is 0 Å². The largest absolute Gasteiger partial charge is 0.481 e. The highest BCUT2D eigenvalue weighted by Gasteiger charge is 2.16. The number of carboxylic acids is 1. The van der Waals surface area contributed by atoms with Crippen LogP contribution in [-0.2, 0) is 4.79 Å². The van der Waals surface area contributed by atoms with E-state index in [0.29, 0.717) is 25.7 Å². The van der Waals surface area contributed by atoms with Gasteiger partial charge in [0.25, 0.3) is 0 Å². The van der Waals surface area contributed by atoms with Crippen LogP contribution in [-0.4, -0.2) is 44.7 Å². The van der Waals surface area contributed by atoms with E-state index in [1.807, 2.05) is 0 Å². The van der Waals surface area contributed by atoms with Crippen molar-refractivity contribution in [2.24, 2.45) is 0 Å². The number of rotatable bonds is 16. The van der Waals surface area contributed by atoms with Crippen LogP contribution in [0.15, 0.2) is 0 Å². The molecule has 5 nitrogen and oxygen atoms in total. The lowest BCUT2D eigenvalue weighted by atomic mass is 9.99. The number of carboxylic acid groups (broad SMARTS) is 1. The Hall–Kier alpha value is -0.650. The zero-order chi connectivity index (χ0) is 17.5. The summed E-state index contributed by atoms with van der Waals surface area (Å²) in [5, 5.41) is 38.1. The summed E-state index contributed by atoms with van der Waals surface area (Å²) in [6.07, 6.45) is 8.39. The Morgan fingerprint density at radius 2 is 1.26 bits per heavy atom. The van der Waals surface area contributed by atoms with Crippen LogP contribution in [0.5, 0.6) is 0 Å². The zero-order valence-electron chi connectivity index (χ0n) is 14.6. The minimum atomic E-state index is -0.747. The minimum absolute atomic E-state index is 0.228. The summed E-state index contributed by atoms with van der Waals surface area (Å²) < 4.78 is 0. The summed E-state index contributed by atoms with van der Waals surface area (Å²) >= 11 is 0. The van der Waals surface area contributed by atoms with Crippen LogP contribution in [0.4, 0.5) is 0 Å². The maximum Gasteiger partial charge on any atom is 0.303 e. The third kappa shape index (κ3) is 14.7. The maximum atomic E-state index is 10.4. The average molecular weight is 332 g/mol. The van der Waals surface area contributed by atoms with Crippen molar-refractivity contribution >= 4 is 5.97 Å². The van der Waals surface area contributed by atoms with Gasteiger partial charge in [0.1, 0.15) is 0 Å². The molecule has 138 valence electrons. The lowest BCUT2D eigenvalue weighted by Crippen LogP contribution is -2.26. The van der Waals surface area contributed by atoms with Crippen LogP contribution in [0, 0.1) is 0 Å². The van der Waals surface area contributed by atoms with Crippen molar-refractivity contribution in [1.29, 1.82) is 0 Å². The van der Waals surface area contributed by atoms with Crippen LogP contribution in [0.1, 0.15) is 90.4 Å². The number of hydrogen-bond donors (Lipinski definition) is 4. The number of hydrogen-bond acceptors (Lipinski definition) is 4. The fourth-order valence-electron chi connectivity index (χ4n) is 2.69. The average Bonchev–Trinajstić information content (AvgIpc) is 2.51. The second-order valence-electron chi connectivity index (χ2n) is 6.56. The van der Waals surface area contributed by atoms with Crippen molar-refractivity contribution in [2.75, 3.05) is 0 Å². The second-order valence-corrected chi connectivity index (χ2v) is 6.56. The first-order valence-electron chi connectivity index (χ1n) is 9.23. The molecule has 0 rings (SSSR count). The van der Waals surface area contributed by atoms with Gasteiger partial charge in [-0.05, 0) is 38.5 Å². The van der Waals surface area contributed by atoms with E-state index in [1.54, 1.807) is 0 Å². The third-order valence-corrected chi connectivity index (χ3v) is 4.26. The topological polar surface area (TPSA) is 98.0 Å². The van der Waals surface area contributed by atoms with Gasteiger partial charge in [-0.2, -0.15) is 0 Å². The molecule has 0 fully saturated rings. The third-order valence-electron chi connectivity index (χ3n) is 4.26. The van der Waals surface area contributed by atoms with Crippen molar-refractivity contribution in [3.05, 3.63) is 0 Å². The van der Waals surface area contributed by atoms with E-state index in [1.165, 1.54) is 0 Å². The van der Waals surface area contributed by atoms with Crippen LogP contribution < -0.4 is 0 Å². The Morgan fingerprint density at radius 3 is 1.87 bits per heavy atom. The van der Waals surface area contributed by atoms with Gasteiger partial charge in [0.15, 0.2) is 0 Å². The minimum Gasteiger partial charge on any atom is -0.481 e. The van der Waals surface area contributed by atoms with E-state index < -0.39 is 18.2 Å². The lowest BCUT2D eigenvalue weighted by Gasteiger charge is -2.18. The number of carbonyl (C=O) groups is 1. The summed E-state index contributed by atoms with van der Waals surface area (Å²) in [7, 11) is 0. The molecular formula is C18H36O5. The van der Waals surface area contributed by atoms with E-state index in [0.717, 1.165) is 51.4 Å². The Morgan fingerprint density at radius 1 is 0.739 bits per heavy atom. The fourth-order valence-corrected chi connectivity index (χ4v) is 2.69. The predicted octanol–water partition coefficient (Wildman–Crippen LogP) is 3.24. The van der Waals surface area contributed by atoms with E-state index in [2.05, 4.69) is 6.92 Å². The Kier molecular flexibility index (Phi) is 14.5. The first-order valence-corrected chi connectivity index (χ1v) is 9.23. The SMILES string of the molecule is CCCC[C@H](O)CCC[C@H](O)[C@H](O)CCCCCCCC(=O)O. The van der Waals surface area contributed by atoms with E-state index in [-0.39, 0.29) is 12.5 Å². The van der Waals surface area contributed by atoms with Crippen LogP contribution in [0.25, 0.3) is 0 Å². The van der Waals surface area contributed by atoms with Crippen LogP contribution in [0.3, 0.4) is 0 Å². The zero-order valence-corrected chi connectivity index (χ0v) is 14.6. The van der Waals surface area contributed by atoms with Gasteiger partial charge in [0.05, 0.1) is 18.3 Å². The van der Waals surface area contributed by atoms with Crippen molar-refractivity contribution in [3.63, 3.8) is 0 Å². The first kappa shape index (κ1) is 22.4. The highest BCUT2D eigenvalue weighted by Crippen LogP contribution is 2.15. The first-order chi connectivity index (χ1) is 11.0. The van der Waals surface area contributed by atoms with Gasteiger partial charge in [-0.1, -0.05) is 45.4 Å². The quantitative estimate of drug-likeness (QED) is 0.325. The molecule has 0 bridgehead atoms. The van der Waals surface area contributed by atoms with Crippen molar-refractivity contribution in [1.82, 2.24) is 0 Å². The highest BCUT2D eigenvalue weighted by atomic mass is 16.4. The molecule has 0 aliphatic carbocycles. The molecule has 0 heterocycles. The predicted molar refractivity (Wildman–Crippen MR) is 91.4 cm³/mol. The van der Waals surface area contributed by atoms with Gasteiger partial charge in [-0.15, -0.1) is 0 Å². The van der Waals surface area contributed by atoms with Gasteiger partial charge in [-0.3, -0.25) is 4.79 Å². The maximum absolute atomic E-state index is 10.4. The summed E-state index contributed by atoms with van der Waals surface area (Å²) in [4.78, 5) is 10.4. The standard InChI is InChI=1S/C18H36O5/c1-2-3-10-15(19)11-9-13-17(21)16(20)12-7-5-4-6-8-14-18(22)23/h15-17,19-21H,2-14H2,1H3,(H,22,23)/t15-,16+,17-/m0/s1. The Bertz CT molecular complexity index is 283. The smallest absolute Gasteiger partial charge is 0.303 e. The van der Waals surface area contributed by atoms with Gasteiger partial charge >= 0.3 is 5.97 Å². The molecule has 0 amide bonds. The van der Waals surface area contributed by atoms with Crippen molar-refractivity contribution in [2.45, 2.75) is 109 Å². The van der Waals surface area contributed by atoms with Gasteiger partial charge < -0.3 is 20.4 Å². The van der Waals surface area contributed by atoms with E-state index in [4.69, 9.17) is 5.11 Å². The molecule has 3 atom stereocenters. The van der Waals surface area contributed by atoms with Crippen LogP contribution >= 0.6 is 0 Å². The molecule has 0 aromatic carbocycles. The van der Waals surface area contributed by atoms with E-state index >= 15 is 0 Å². The summed E-state index contributed by atoms with van der Waals surface area (Å²) in [5.41, 5.74) is 0. The molecule has 0 aromatic rings. The molecule has 4 N–H and O–H groups in total. The molecule has 0 radical (unpaired) electrons. The Labute approximate surface area is 140 Å². The number of aliphatic hydroxyl groups is 3. The molecule has 0 aliphatic rings. The van der Waals surface area contributed by atoms with Crippen LogP contribution in [0.2, 0.25) is 0 Å². The van der Waals surface area contributed by atoms with E-state index in [9.17, 15) is 20.1 Å². The lowest BCUT2D eigenvalue weighted by molar-refractivity contribution is -0.137. The summed E-state index contributed by atoms with van der Waals surface area (Å²) in [6, 6.07) is 0. The molecule has 0 aromatic heterocycles. The van der Waals surface area contributed by atoms with Gasteiger partial charge in [0.2, 0.25) is 0 Å². The molecular weight excluding hydrogens is 296 g/mol. The number of unbranched alkanes of at least 4 members (excludes halogenated alkanes) is 5. The van der Waals surface area contributed by atoms with Gasteiger partial charge in [-0.25, -0.2) is 0 Å². The summed E-state index contributed by atoms with van der Waals surface area (Å²) in [6.45, 7) is 2.10. The number of aliphatic hydroxyl groups excluding tert-OH is 3. The molecule has 0 spiro atoms. The highest BCUT2D eigenvalue weighted by molar-refractivity contribution is 5.66. The molecule has 0 unspecified atom stereocenters. The van der Waals surface area contributed by atoms with Crippen molar-refractivity contribution < 1.29 is 25.2 Å². The summed E-state index contributed by atoms with van der Waals surface area (Å²) in [5.74, 6) is -0.747. The molecule has 0 saturated heterocycles. The number of aliphatic carboxylic acids is 1.